The normalized spacial score (nSPS) is 17.1. The third-order valence-corrected chi connectivity index (χ3v) is 8.79. The zero-order valence-electron chi connectivity index (χ0n) is 19.6. The highest BCUT2D eigenvalue weighted by molar-refractivity contribution is 7.89. The fraction of sp³-hybridized carbons (Fsp3) is 0.320. The van der Waals surface area contributed by atoms with E-state index in [1.165, 1.54) is 15.6 Å². The summed E-state index contributed by atoms with van der Waals surface area (Å²) in [6, 6.07) is 10.9. The number of sulfonamides is 1. The van der Waals surface area contributed by atoms with Crippen LogP contribution in [0.1, 0.15) is 35.7 Å². The van der Waals surface area contributed by atoms with Gasteiger partial charge in [-0.3, -0.25) is 4.79 Å². The Bertz CT molecular complexity index is 1450. The van der Waals surface area contributed by atoms with Crippen molar-refractivity contribution in [1.82, 2.24) is 8.87 Å². The van der Waals surface area contributed by atoms with Gasteiger partial charge in [0.2, 0.25) is 10.0 Å². The molecule has 0 saturated carbocycles. The molecule has 1 saturated heterocycles. The SMILES string of the molecule is C=CCn1c(=NC(=O)C2CCCN2S(=O)(=O)c2ccc(C)cc2)sc2cc(C(=O)OCC)ccc21. The van der Waals surface area contributed by atoms with Crippen LogP contribution in [0.15, 0.2) is 65.0 Å². The van der Waals surface area contributed by atoms with Crippen molar-refractivity contribution in [2.45, 2.75) is 44.2 Å². The molecular formula is C25H27N3O5S2. The second kappa shape index (κ2) is 10.3. The quantitative estimate of drug-likeness (QED) is 0.355. The van der Waals surface area contributed by atoms with E-state index in [0.717, 1.165) is 15.8 Å². The van der Waals surface area contributed by atoms with Crippen LogP contribution in [0.25, 0.3) is 10.2 Å². The Balaban J connectivity index is 1.71. The fourth-order valence-corrected chi connectivity index (χ4v) is 6.83. The lowest BCUT2D eigenvalue weighted by Gasteiger charge is -2.21. The lowest BCUT2D eigenvalue weighted by Crippen LogP contribution is -2.40. The number of thiazole rings is 1. The van der Waals surface area contributed by atoms with Gasteiger partial charge in [0.25, 0.3) is 5.91 Å². The molecule has 4 rings (SSSR count). The summed E-state index contributed by atoms with van der Waals surface area (Å²) in [6.07, 6.45) is 2.68. The predicted molar refractivity (Wildman–Crippen MR) is 135 cm³/mol. The molecule has 10 heteroatoms. The van der Waals surface area contributed by atoms with Gasteiger partial charge in [0.15, 0.2) is 4.80 Å². The van der Waals surface area contributed by atoms with Crippen LogP contribution in [0.4, 0.5) is 0 Å². The lowest BCUT2D eigenvalue weighted by molar-refractivity contribution is -0.121. The molecule has 0 radical (unpaired) electrons. The largest absolute Gasteiger partial charge is 0.462 e. The van der Waals surface area contributed by atoms with Crippen molar-refractivity contribution in [2.24, 2.45) is 4.99 Å². The first-order chi connectivity index (χ1) is 16.8. The van der Waals surface area contributed by atoms with E-state index in [4.69, 9.17) is 4.74 Å². The number of allylic oxidation sites excluding steroid dienone is 1. The molecule has 3 aromatic rings. The monoisotopic (exact) mass is 513 g/mol. The second-order valence-electron chi connectivity index (χ2n) is 8.22. The average molecular weight is 514 g/mol. The zero-order chi connectivity index (χ0) is 25.2. The minimum atomic E-state index is -3.83. The Labute approximate surface area is 208 Å². The Kier molecular flexibility index (Phi) is 7.34. The lowest BCUT2D eigenvalue weighted by atomic mass is 10.2. The number of ether oxygens (including phenoxy) is 1. The van der Waals surface area contributed by atoms with Gasteiger partial charge in [-0.1, -0.05) is 35.1 Å². The Hall–Kier alpha value is -3.08. The third kappa shape index (κ3) is 5.00. The van der Waals surface area contributed by atoms with E-state index in [-0.39, 0.29) is 18.0 Å². The molecule has 2 heterocycles. The maximum atomic E-state index is 13.3. The second-order valence-corrected chi connectivity index (χ2v) is 11.1. The van der Waals surface area contributed by atoms with Crippen molar-refractivity contribution in [1.29, 1.82) is 0 Å². The number of aryl methyl sites for hydroxylation is 1. The van der Waals surface area contributed by atoms with Crippen LogP contribution in [0.5, 0.6) is 0 Å². The van der Waals surface area contributed by atoms with Gasteiger partial charge in [0.1, 0.15) is 6.04 Å². The molecular weight excluding hydrogens is 486 g/mol. The molecule has 1 fully saturated rings. The molecule has 0 aliphatic carbocycles. The van der Waals surface area contributed by atoms with E-state index in [9.17, 15) is 18.0 Å². The smallest absolute Gasteiger partial charge is 0.338 e. The number of benzene rings is 2. The number of amides is 1. The van der Waals surface area contributed by atoms with Gasteiger partial charge in [-0.15, -0.1) is 6.58 Å². The summed E-state index contributed by atoms with van der Waals surface area (Å²) in [5, 5.41) is 0. The minimum absolute atomic E-state index is 0.165. The molecule has 0 bridgehead atoms. The van der Waals surface area contributed by atoms with Crippen LogP contribution < -0.4 is 4.80 Å². The highest BCUT2D eigenvalue weighted by Crippen LogP contribution is 2.27. The van der Waals surface area contributed by atoms with E-state index in [2.05, 4.69) is 11.6 Å². The maximum absolute atomic E-state index is 13.3. The summed E-state index contributed by atoms with van der Waals surface area (Å²) in [7, 11) is -3.83. The summed E-state index contributed by atoms with van der Waals surface area (Å²) < 4.78 is 35.4. The van der Waals surface area contributed by atoms with E-state index in [1.807, 2.05) is 11.5 Å². The highest BCUT2D eigenvalue weighted by atomic mass is 32.2. The number of nitrogens with zero attached hydrogens (tertiary/aromatic N) is 3. The maximum Gasteiger partial charge on any atom is 0.338 e. The minimum Gasteiger partial charge on any atom is -0.462 e. The average Bonchev–Trinajstić information content (AvgIpc) is 3.45. The van der Waals surface area contributed by atoms with Gasteiger partial charge in [-0.25, -0.2) is 13.2 Å². The van der Waals surface area contributed by atoms with E-state index in [0.29, 0.717) is 29.8 Å². The molecule has 1 atom stereocenters. The third-order valence-electron chi connectivity index (χ3n) is 5.83. The van der Waals surface area contributed by atoms with Crippen molar-refractivity contribution < 1.29 is 22.7 Å². The molecule has 1 aliphatic heterocycles. The summed E-state index contributed by atoms with van der Waals surface area (Å²) >= 11 is 1.26. The summed E-state index contributed by atoms with van der Waals surface area (Å²) in [4.78, 5) is 30.4. The number of hydrogen-bond donors (Lipinski definition) is 0. The Morgan fingerprint density at radius 2 is 1.97 bits per heavy atom. The van der Waals surface area contributed by atoms with Crippen LogP contribution in [0, 0.1) is 6.92 Å². The number of esters is 1. The summed E-state index contributed by atoms with van der Waals surface area (Å²) in [6.45, 7) is 8.36. The van der Waals surface area contributed by atoms with Crippen molar-refractivity contribution >= 4 is 43.5 Å². The molecule has 1 aliphatic rings. The van der Waals surface area contributed by atoms with Crippen molar-refractivity contribution in [3.8, 4) is 0 Å². The topological polar surface area (TPSA) is 98.0 Å². The number of fused-ring (bicyclic) bond motifs is 1. The van der Waals surface area contributed by atoms with Crippen molar-refractivity contribution in [3.63, 3.8) is 0 Å². The number of carbonyl (C=O) groups is 2. The molecule has 8 nitrogen and oxygen atoms in total. The van der Waals surface area contributed by atoms with Crippen LogP contribution in [-0.4, -0.2) is 48.4 Å². The molecule has 1 aromatic heterocycles. The first-order valence-corrected chi connectivity index (χ1v) is 13.6. The fourth-order valence-electron chi connectivity index (χ4n) is 4.09. The van der Waals surface area contributed by atoms with Gasteiger partial charge in [-0.05, 0) is 57.0 Å². The van der Waals surface area contributed by atoms with E-state index >= 15 is 0 Å². The molecule has 184 valence electrons. The van der Waals surface area contributed by atoms with Crippen LogP contribution in [0.2, 0.25) is 0 Å². The molecule has 1 unspecified atom stereocenters. The van der Waals surface area contributed by atoms with Gasteiger partial charge in [0.05, 0.1) is 27.3 Å². The number of rotatable bonds is 7. The summed E-state index contributed by atoms with van der Waals surface area (Å²) in [5.41, 5.74) is 2.16. The Morgan fingerprint density at radius 1 is 1.23 bits per heavy atom. The highest BCUT2D eigenvalue weighted by Gasteiger charge is 2.39. The van der Waals surface area contributed by atoms with Crippen LogP contribution in [-0.2, 0) is 26.1 Å². The van der Waals surface area contributed by atoms with E-state index in [1.54, 1.807) is 55.5 Å². The standard InChI is InChI=1S/C25H27N3O5S2/c1-4-14-27-20-13-10-18(24(30)33-5-2)16-22(20)34-25(27)26-23(29)21-7-6-15-28(21)35(31,32)19-11-8-17(3)9-12-19/h4,8-13,16,21H,1,5-7,14-15H2,2-3H3. The van der Waals surface area contributed by atoms with Crippen LogP contribution >= 0.6 is 11.3 Å². The Morgan fingerprint density at radius 3 is 2.66 bits per heavy atom. The molecule has 2 aromatic carbocycles. The van der Waals surface area contributed by atoms with Gasteiger partial charge in [-0.2, -0.15) is 9.30 Å². The van der Waals surface area contributed by atoms with Gasteiger partial charge < -0.3 is 9.30 Å². The predicted octanol–water partition coefficient (Wildman–Crippen LogP) is 3.65. The van der Waals surface area contributed by atoms with Gasteiger partial charge in [0, 0.05) is 13.1 Å². The summed E-state index contributed by atoms with van der Waals surface area (Å²) in [5.74, 6) is -0.927. The first kappa shape index (κ1) is 25.0. The molecule has 35 heavy (non-hydrogen) atoms. The zero-order valence-corrected chi connectivity index (χ0v) is 21.3. The van der Waals surface area contributed by atoms with Crippen LogP contribution in [0.3, 0.4) is 0 Å². The van der Waals surface area contributed by atoms with Crippen molar-refractivity contribution in [3.05, 3.63) is 71.0 Å². The van der Waals surface area contributed by atoms with Gasteiger partial charge >= 0.3 is 5.97 Å². The van der Waals surface area contributed by atoms with E-state index < -0.39 is 27.9 Å². The number of carbonyl (C=O) groups excluding carboxylic acids is 2. The molecule has 0 N–H and O–H groups in total. The number of aromatic nitrogens is 1. The van der Waals surface area contributed by atoms with Crippen molar-refractivity contribution in [2.75, 3.05) is 13.2 Å². The molecule has 0 spiro atoms. The molecule has 1 amide bonds. The number of hydrogen-bond acceptors (Lipinski definition) is 6. The first-order valence-electron chi connectivity index (χ1n) is 11.3.